The van der Waals surface area contributed by atoms with Crippen molar-refractivity contribution in [3.63, 3.8) is 0 Å². The fourth-order valence-electron chi connectivity index (χ4n) is 3.13. The van der Waals surface area contributed by atoms with Gasteiger partial charge in [-0.1, -0.05) is 12.6 Å². The highest BCUT2D eigenvalue weighted by atomic mass is 16.5. The maximum atomic E-state index is 6.20. The number of nitrogens with zero attached hydrogens (tertiary/aromatic N) is 4. The first-order valence-corrected chi connectivity index (χ1v) is 8.11. The monoisotopic (exact) mass is 312 g/mol. The van der Waals surface area contributed by atoms with Crippen LogP contribution in [-0.4, -0.2) is 45.5 Å². The SMILES string of the molecule is C=Cn1cc(C[C@H]2CC[C@@H](CN(C)Cc3cccnc3)O2)cn1. The molecular weight excluding hydrogens is 288 g/mol. The Labute approximate surface area is 137 Å². The number of rotatable bonds is 7. The lowest BCUT2D eigenvalue weighted by atomic mass is 10.1. The van der Waals surface area contributed by atoms with Gasteiger partial charge in [0.05, 0.1) is 18.4 Å². The topological polar surface area (TPSA) is 43.2 Å². The third-order valence-corrected chi connectivity index (χ3v) is 4.19. The summed E-state index contributed by atoms with van der Waals surface area (Å²) < 4.78 is 7.94. The van der Waals surface area contributed by atoms with Crippen molar-refractivity contribution in [2.75, 3.05) is 13.6 Å². The second-order valence-corrected chi connectivity index (χ2v) is 6.23. The van der Waals surface area contributed by atoms with Crippen LogP contribution in [0.2, 0.25) is 0 Å². The molecule has 0 radical (unpaired) electrons. The van der Waals surface area contributed by atoms with Crippen molar-refractivity contribution in [3.8, 4) is 0 Å². The molecule has 2 aromatic heterocycles. The molecule has 1 fully saturated rings. The van der Waals surface area contributed by atoms with Crippen LogP contribution in [0.5, 0.6) is 0 Å². The van der Waals surface area contributed by atoms with Crippen molar-refractivity contribution >= 4 is 6.20 Å². The van der Waals surface area contributed by atoms with Gasteiger partial charge < -0.3 is 4.74 Å². The molecule has 1 aliphatic heterocycles. The van der Waals surface area contributed by atoms with Gasteiger partial charge in [0.15, 0.2) is 0 Å². The Kier molecular flexibility index (Phi) is 5.20. The molecule has 2 aromatic rings. The molecular formula is C18H24N4O. The summed E-state index contributed by atoms with van der Waals surface area (Å²) in [7, 11) is 2.14. The van der Waals surface area contributed by atoms with Crippen LogP contribution in [0.15, 0.2) is 43.5 Å². The van der Waals surface area contributed by atoms with Crippen LogP contribution >= 0.6 is 0 Å². The van der Waals surface area contributed by atoms with E-state index in [2.05, 4.69) is 34.7 Å². The lowest BCUT2D eigenvalue weighted by Crippen LogP contribution is -2.29. The maximum absolute atomic E-state index is 6.20. The van der Waals surface area contributed by atoms with Crippen LogP contribution in [0.1, 0.15) is 24.0 Å². The largest absolute Gasteiger partial charge is 0.373 e. The van der Waals surface area contributed by atoms with E-state index >= 15 is 0 Å². The lowest BCUT2D eigenvalue weighted by Gasteiger charge is -2.21. The molecule has 0 spiro atoms. The first kappa shape index (κ1) is 15.9. The molecule has 0 unspecified atom stereocenters. The minimum absolute atomic E-state index is 0.300. The number of likely N-dealkylation sites (N-methyl/N-ethyl adjacent to an activating group) is 1. The van der Waals surface area contributed by atoms with Gasteiger partial charge in [0.2, 0.25) is 0 Å². The number of aromatic nitrogens is 3. The van der Waals surface area contributed by atoms with Crippen LogP contribution in [0.25, 0.3) is 6.20 Å². The molecule has 0 amide bonds. The summed E-state index contributed by atoms with van der Waals surface area (Å²) in [5, 5.41) is 4.22. The molecule has 3 heterocycles. The van der Waals surface area contributed by atoms with E-state index in [-0.39, 0.29) is 0 Å². The molecule has 5 nitrogen and oxygen atoms in total. The fourth-order valence-corrected chi connectivity index (χ4v) is 3.13. The zero-order valence-corrected chi connectivity index (χ0v) is 13.6. The fraction of sp³-hybridized carbons (Fsp3) is 0.444. The van der Waals surface area contributed by atoms with Crippen LogP contribution in [0.3, 0.4) is 0 Å². The Balaban J connectivity index is 1.45. The molecule has 23 heavy (non-hydrogen) atoms. The molecule has 3 rings (SSSR count). The summed E-state index contributed by atoms with van der Waals surface area (Å²) in [6.45, 7) is 5.58. The highest BCUT2D eigenvalue weighted by Gasteiger charge is 2.26. The molecule has 0 aliphatic carbocycles. The van der Waals surface area contributed by atoms with Gasteiger partial charge in [0.1, 0.15) is 0 Å². The Morgan fingerprint density at radius 1 is 1.35 bits per heavy atom. The smallest absolute Gasteiger partial charge is 0.0706 e. The minimum atomic E-state index is 0.300. The van der Waals surface area contributed by atoms with Gasteiger partial charge in [0.25, 0.3) is 0 Å². The average Bonchev–Trinajstić information content (AvgIpc) is 3.18. The van der Waals surface area contributed by atoms with E-state index in [0.29, 0.717) is 12.2 Å². The van der Waals surface area contributed by atoms with Gasteiger partial charge in [-0.25, -0.2) is 4.68 Å². The number of ether oxygens (including phenoxy) is 1. The van der Waals surface area contributed by atoms with E-state index in [9.17, 15) is 0 Å². The highest BCUT2D eigenvalue weighted by molar-refractivity contribution is 5.18. The van der Waals surface area contributed by atoms with Crippen LogP contribution in [0, 0.1) is 0 Å². The summed E-state index contributed by atoms with van der Waals surface area (Å²) in [5.74, 6) is 0. The second kappa shape index (κ2) is 7.53. The van der Waals surface area contributed by atoms with E-state index in [1.807, 2.05) is 30.9 Å². The minimum Gasteiger partial charge on any atom is -0.373 e. The molecule has 1 aliphatic rings. The molecule has 0 aromatic carbocycles. The van der Waals surface area contributed by atoms with E-state index in [0.717, 1.165) is 32.4 Å². The molecule has 0 N–H and O–H groups in total. The van der Waals surface area contributed by atoms with Crippen molar-refractivity contribution in [1.29, 1.82) is 0 Å². The summed E-state index contributed by atoms with van der Waals surface area (Å²) in [6.07, 6.45) is 13.1. The Hall–Kier alpha value is -1.98. The third kappa shape index (κ3) is 4.50. The van der Waals surface area contributed by atoms with Crippen molar-refractivity contribution in [2.45, 2.75) is 38.0 Å². The van der Waals surface area contributed by atoms with Crippen molar-refractivity contribution in [1.82, 2.24) is 19.7 Å². The molecule has 0 bridgehead atoms. The predicted octanol–water partition coefficient (Wildman–Crippen LogP) is 2.60. The Morgan fingerprint density at radius 3 is 2.96 bits per heavy atom. The first-order valence-electron chi connectivity index (χ1n) is 8.11. The molecule has 0 saturated carbocycles. The third-order valence-electron chi connectivity index (χ3n) is 4.19. The van der Waals surface area contributed by atoms with Gasteiger partial charge in [-0.05, 0) is 37.1 Å². The summed E-state index contributed by atoms with van der Waals surface area (Å²) in [4.78, 5) is 6.47. The maximum Gasteiger partial charge on any atom is 0.0706 e. The van der Waals surface area contributed by atoms with Crippen molar-refractivity contribution in [2.24, 2.45) is 0 Å². The quantitative estimate of drug-likeness (QED) is 0.788. The van der Waals surface area contributed by atoms with Crippen molar-refractivity contribution < 1.29 is 4.74 Å². The van der Waals surface area contributed by atoms with Gasteiger partial charge in [-0.2, -0.15) is 5.10 Å². The normalized spacial score (nSPS) is 21.0. The summed E-state index contributed by atoms with van der Waals surface area (Å²) >= 11 is 0. The Morgan fingerprint density at radius 2 is 2.22 bits per heavy atom. The molecule has 122 valence electrons. The molecule has 2 atom stereocenters. The van der Waals surface area contributed by atoms with Gasteiger partial charge in [0, 0.05) is 44.3 Å². The predicted molar refractivity (Wildman–Crippen MR) is 90.8 cm³/mol. The van der Waals surface area contributed by atoms with Crippen LogP contribution in [-0.2, 0) is 17.7 Å². The van der Waals surface area contributed by atoms with E-state index in [4.69, 9.17) is 4.74 Å². The second-order valence-electron chi connectivity index (χ2n) is 6.23. The number of pyridine rings is 1. The van der Waals surface area contributed by atoms with Gasteiger partial charge in [-0.15, -0.1) is 0 Å². The highest BCUT2D eigenvalue weighted by Crippen LogP contribution is 2.23. The summed E-state index contributed by atoms with van der Waals surface area (Å²) in [6, 6.07) is 4.09. The first-order chi connectivity index (χ1) is 11.2. The van der Waals surface area contributed by atoms with E-state index in [1.54, 1.807) is 10.9 Å². The zero-order chi connectivity index (χ0) is 16.1. The van der Waals surface area contributed by atoms with E-state index < -0.39 is 0 Å². The number of hydrogen-bond acceptors (Lipinski definition) is 4. The lowest BCUT2D eigenvalue weighted by molar-refractivity contribution is 0.0267. The number of hydrogen-bond donors (Lipinski definition) is 0. The standard InChI is InChI=1S/C18H24N4O/c1-3-22-13-16(11-20-22)9-17-6-7-18(23-17)14-21(2)12-15-5-4-8-19-10-15/h3-5,8,10-11,13,17-18H,1,6-7,9,12,14H2,2H3/t17-,18+/m1/s1. The Bertz CT molecular complexity index is 625. The molecule has 1 saturated heterocycles. The molecule has 5 heteroatoms. The van der Waals surface area contributed by atoms with Crippen molar-refractivity contribution in [3.05, 3.63) is 54.6 Å². The van der Waals surface area contributed by atoms with Gasteiger partial charge in [-0.3, -0.25) is 9.88 Å². The van der Waals surface area contributed by atoms with Crippen LogP contribution in [0.4, 0.5) is 0 Å². The summed E-state index contributed by atoms with van der Waals surface area (Å²) in [5.41, 5.74) is 2.45. The van der Waals surface area contributed by atoms with Crippen LogP contribution < -0.4 is 0 Å². The van der Waals surface area contributed by atoms with Gasteiger partial charge >= 0.3 is 0 Å². The van der Waals surface area contributed by atoms with E-state index in [1.165, 1.54) is 11.1 Å². The zero-order valence-electron chi connectivity index (χ0n) is 13.6. The average molecular weight is 312 g/mol.